The van der Waals surface area contributed by atoms with Crippen LogP contribution < -0.4 is 64.8 Å². The molecule has 4 unspecified atom stereocenters. The largest absolute Gasteiger partial charge is 0.497 e. The molecule has 29 heteroatoms. The van der Waals surface area contributed by atoms with E-state index in [-0.39, 0.29) is 74.8 Å². The number of rotatable bonds is 29. The summed E-state index contributed by atoms with van der Waals surface area (Å²) in [5, 5.41) is 43.7. The molecular formula is C56H68N14O15. The van der Waals surface area contributed by atoms with Gasteiger partial charge in [-0.15, -0.1) is 0 Å². The average Bonchev–Trinajstić information content (AvgIpc) is 4.20. The fourth-order valence-electron chi connectivity index (χ4n) is 9.50. The predicted octanol–water partition coefficient (Wildman–Crippen LogP) is 0.805. The van der Waals surface area contributed by atoms with Gasteiger partial charge in [0.2, 0.25) is 47.3 Å². The molecule has 6 rings (SSSR count). The van der Waals surface area contributed by atoms with Crippen LogP contribution in [0.25, 0.3) is 21.7 Å². The number of likely N-dealkylation sites (tertiary alicyclic amines) is 1. The molecule has 13 N–H and O–H groups in total. The van der Waals surface area contributed by atoms with Crippen molar-refractivity contribution in [1.82, 2.24) is 36.8 Å². The number of nitrogens with two attached hydrogens (primary N) is 3. The van der Waals surface area contributed by atoms with Gasteiger partial charge in [0.05, 0.1) is 36.0 Å². The second kappa shape index (κ2) is 29.7. The van der Waals surface area contributed by atoms with Crippen molar-refractivity contribution in [1.29, 1.82) is 0 Å². The Kier molecular flexibility index (Phi) is 22.3. The monoisotopic (exact) mass is 1180 g/mol. The number of aliphatic imine (C=N–C) groups is 1. The van der Waals surface area contributed by atoms with Crippen LogP contribution in [-0.2, 0) is 51.2 Å². The smallest absolute Gasteiger partial charge is 0.336 e. The van der Waals surface area contributed by atoms with Crippen LogP contribution in [0.1, 0.15) is 64.0 Å². The number of fused-ring (bicyclic) bond motifs is 2. The Balaban J connectivity index is 1.19. The molecule has 1 saturated heterocycles. The van der Waals surface area contributed by atoms with Crippen molar-refractivity contribution in [3.8, 4) is 5.75 Å². The van der Waals surface area contributed by atoms with Gasteiger partial charge in [-0.3, -0.25) is 63.6 Å². The summed E-state index contributed by atoms with van der Waals surface area (Å²) in [5.74, 6) is -6.50. The quantitative estimate of drug-likeness (QED) is 0.00790. The van der Waals surface area contributed by atoms with Crippen LogP contribution in [0.15, 0.2) is 99.1 Å². The van der Waals surface area contributed by atoms with Gasteiger partial charge in [0.15, 0.2) is 5.96 Å². The number of carbonyl (C=O) groups excluding carboxylic acids is 8. The van der Waals surface area contributed by atoms with E-state index >= 15 is 0 Å². The lowest BCUT2D eigenvalue weighted by Gasteiger charge is -2.27. The lowest BCUT2D eigenvalue weighted by atomic mass is 10.0. The molecule has 0 spiro atoms. The van der Waals surface area contributed by atoms with E-state index in [0.717, 1.165) is 22.9 Å². The number of benzene rings is 4. The summed E-state index contributed by atoms with van der Waals surface area (Å²) in [6, 6.07) is 13.2. The third-order valence-corrected chi connectivity index (χ3v) is 13.8. The van der Waals surface area contributed by atoms with Crippen LogP contribution in [0.2, 0.25) is 0 Å². The summed E-state index contributed by atoms with van der Waals surface area (Å²) in [5.41, 5.74) is 15.0. The molecule has 4 aromatic carbocycles. The van der Waals surface area contributed by atoms with Gasteiger partial charge < -0.3 is 68.5 Å². The zero-order chi connectivity index (χ0) is 62.1. The summed E-state index contributed by atoms with van der Waals surface area (Å²) in [6.45, 7) is 3.82. The number of carbonyl (C=O) groups is 8. The molecule has 29 nitrogen and oxygen atoms in total. The van der Waals surface area contributed by atoms with E-state index in [1.165, 1.54) is 31.1 Å². The lowest BCUT2D eigenvalue weighted by Crippen LogP contribution is -2.59. The molecule has 1 aliphatic rings. The number of hydrogen-bond donors (Lipinski definition) is 10. The third kappa shape index (κ3) is 18.1. The van der Waals surface area contributed by atoms with E-state index in [1.807, 2.05) is 32.0 Å². The molecule has 1 aromatic heterocycles. The maximum absolute atomic E-state index is 14.6. The fourth-order valence-corrected chi connectivity index (χ4v) is 9.50. The second-order valence-corrected chi connectivity index (χ2v) is 20.6. The van der Waals surface area contributed by atoms with Crippen molar-refractivity contribution in [2.24, 2.45) is 28.1 Å². The van der Waals surface area contributed by atoms with Gasteiger partial charge in [-0.05, 0) is 85.0 Å². The van der Waals surface area contributed by atoms with Crippen LogP contribution in [0.3, 0.4) is 0 Å². The predicted molar refractivity (Wildman–Crippen MR) is 310 cm³/mol. The summed E-state index contributed by atoms with van der Waals surface area (Å²) >= 11 is 0. The minimum Gasteiger partial charge on any atom is -0.497 e. The molecule has 0 bridgehead atoms. The molecule has 1 fully saturated rings. The van der Waals surface area contributed by atoms with Gasteiger partial charge in [0.1, 0.15) is 53.3 Å². The first-order chi connectivity index (χ1) is 40.4. The standard InChI is InChI=1S/C56H68N14O15/c1-30(2)21-41(66-55(79)44-12-8-20-68(44)48(72)24-35-25-49(73)85-46-27-37(84-4)16-17-38(35)46)52(76)62-29-47(71)64-42(23-32-13-14-33-9-5-6-10-34(33)22-32)53(77)67-43(28-61-39-18-15-36(69(80)81)26-45(39)70(82)83)54(78)63-31(3)51(75)65-40(50(57)74)11-7-19-60-56(58)59/h5-6,9-10,13-18,22,25-27,30-31,40-44,61H,7-8,11-12,19-21,23-24,28-29H2,1-4H3,(H2,57,74)(H,62,76)(H,63,78)(H,64,71)(H,65,75)(H,66,79)(H,67,77)(H4,58,59,60)/t31?,40-,41+,42?,43?,44?/m0/s1. The first-order valence-corrected chi connectivity index (χ1v) is 27.1. The SMILES string of the molecule is COc1ccc2c(CC(=O)N3CCCC3C(=O)N[C@H](CC(C)C)C(=O)NCC(=O)NC(Cc3ccc4ccccc4c3)C(=O)NC(CNc3ccc([N+](=O)[O-])cc3[N+](=O)[O-])C(=O)NC(C)C(=O)N[C@@H](CCCN=C(N)N)C(N)=O)cc(=O)oc2c1. The number of non-ortho nitro benzene ring substituents is 1. The van der Waals surface area contributed by atoms with Crippen molar-refractivity contribution in [3.63, 3.8) is 0 Å². The Hall–Kier alpha value is -10.2. The number of hydrogen-bond acceptors (Lipinski definition) is 17. The molecule has 2 heterocycles. The minimum atomic E-state index is -1.73. The van der Waals surface area contributed by atoms with Gasteiger partial charge in [-0.25, -0.2) is 4.79 Å². The number of guanidine groups is 1. The Morgan fingerprint density at radius 2 is 1.49 bits per heavy atom. The van der Waals surface area contributed by atoms with Gasteiger partial charge in [-0.1, -0.05) is 56.3 Å². The van der Waals surface area contributed by atoms with Gasteiger partial charge >= 0.3 is 5.63 Å². The van der Waals surface area contributed by atoms with E-state index < -0.39 is 123 Å². The van der Waals surface area contributed by atoms with Crippen LogP contribution in [0.5, 0.6) is 5.75 Å². The molecule has 6 atom stereocenters. The topological polar surface area (TPSA) is 440 Å². The number of ether oxygens (including phenoxy) is 1. The van der Waals surface area contributed by atoms with Crippen LogP contribution >= 0.6 is 0 Å². The van der Waals surface area contributed by atoms with Gasteiger partial charge in [-0.2, -0.15) is 0 Å². The maximum atomic E-state index is 14.6. The van der Waals surface area contributed by atoms with E-state index in [0.29, 0.717) is 34.7 Å². The molecular weight excluding hydrogens is 1110 g/mol. The number of nitrogens with one attached hydrogen (secondary N) is 7. The Morgan fingerprint density at radius 1 is 0.776 bits per heavy atom. The zero-order valence-electron chi connectivity index (χ0n) is 47.0. The summed E-state index contributed by atoms with van der Waals surface area (Å²) < 4.78 is 10.6. The Labute approximate surface area is 485 Å². The van der Waals surface area contributed by atoms with Crippen molar-refractivity contribution >= 4 is 92.0 Å². The van der Waals surface area contributed by atoms with Gasteiger partial charge in [0.25, 0.3) is 11.4 Å². The number of anilines is 1. The molecule has 0 radical (unpaired) electrons. The number of nitrogens with zero attached hydrogens (tertiary/aromatic N) is 4. The molecule has 5 aromatic rings. The highest BCUT2D eigenvalue weighted by molar-refractivity contribution is 5.98. The van der Waals surface area contributed by atoms with Crippen molar-refractivity contribution in [2.75, 3.05) is 38.6 Å². The minimum absolute atomic E-state index is 0.0111. The van der Waals surface area contributed by atoms with Crippen LogP contribution in [0.4, 0.5) is 17.1 Å². The zero-order valence-corrected chi connectivity index (χ0v) is 47.0. The molecule has 8 amide bonds. The second-order valence-electron chi connectivity index (χ2n) is 20.6. The molecule has 0 saturated carbocycles. The normalized spacial score (nSPS) is 14.6. The fraction of sp³-hybridized carbons (Fsp3) is 0.393. The third-order valence-electron chi connectivity index (χ3n) is 13.8. The maximum Gasteiger partial charge on any atom is 0.336 e. The van der Waals surface area contributed by atoms with Crippen LogP contribution in [-0.4, -0.2) is 138 Å². The molecule has 0 aliphatic carbocycles. The summed E-state index contributed by atoms with van der Waals surface area (Å²) in [7, 11) is 1.45. The summed E-state index contributed by atoms with van der Waals surface area (Å²) in [4.78, 5) is 150. The lowest BCUT2D eigenvalue weighted by molar-refractivity contribution is -0.393. The highest BCUT2D eigenvalue weighted by Gasteiger charge is 2.37. The van der Waals surface area contributed by atoms with E-state index in [2.05, 4.69) is 42.2 Å². The first-order valence-electron chi connectivity index (χ1n) is 27.1. The van der Waals surface area contributed by atoms with E-state index in [4.69, 9.17) is 26.4 Å². The molecule has 1 aliphatic heterocycles. The number of nitro groups is 2. The van der Waals surface area contributed by atoms with E-state index in [9.17, 15) is 63.4 Å². The van der Waals surface area contributed by atoms with Crippen LogP contribution in [0, 0.1) is 26.1 Å². The van der Waals surface area contributed by atoms with Crippen molar-refractivity contribution < 1.29 is 57.4 Å². The van der Waals surface area contributed by atoms with Gasteiger partial charge in [0, 0.05) is 49.6 Å². The molecule has 452 valence electrons. The Morgan fingerprint density at radius 3 is 2.18 bits per heavy atom. The number of amides is 8. The van der Waals surface area contributed by atoms with E-state index in [1.54, 1.807) is 36.4 Å². The average molecular weight is 1180 g/mol. The Bertz CT molecular complexity index is 3440. The number of nitro benzene ring substituents is 2. The number of primary amides is 1. The highest BCUT2D eigenvalue weighted by Crippen LogP contribution is 2.29. The summed E-state index contributed by atoms with van der Waals surface area (Å²) in [6.07, 6.45) is 0.639. The number of methoxy groups -OCH3 is 1. The molecule has 85 heavy (non-hydrogen) atoms. The highest BCUT2D eigenvalue weighted by atomic mass is 16.6. The first kappa shape index (κ1) is 64.0. The van der Waals surface area contributed by atoms with Crippen molar-refractivity contribution in [2.45, 2.75) is 102 Å². The van der Waals surface area contributed by atoms with Crippen molar-refractivity contribution in [3.05, 3.63) is 127 Å².